The van der Waals surface area contributed by atoms with Gasteiger partial charge in [-0.1, -0.05) is 29.7 Å². The van der Waals surface area contributed by atoms with Gasteiger partial charge >= 0.3 is 0 Å². The maximum absolute atomic E-state index is 11.0. The number of aromatic nitrogens is 2. The maximum Gasteiger partial charge on any atom is 0.283 e. The number of nitro groups is 1. The monoisotopic (exact) mass is 282 g/mol. The summed E-state index contributed by atoms with van der Waals surface area (Å²) in [5, 5.41) is 17.9. The Hall–Kier alpha value is -1.99. The van der Waals surface area contributed by atoms with Crippen molar-refractivity contribution in [3.8, 4) is 11.5 Å². The Balaban J connectivity index is 2.41. The quantitative estimate of drug-likeness (QED) is 0.668. The molecular weight excluding hydrogens is 272 g/mol. The van der Waals surface area contributed by atoms with Crippen LogP contribution < -0.4 is 5.32 Å². The first kappa shape index (κ1) is 13.4. The predicted molar refractivity (Wildman–Crippen MR) is 68.8 cm³/mol. The smallest absolute Gasteiger partial charge is 0.283 e. The molecule has 7 nitrogen and oxygen atoms in total. The van der Waals surface area contributed by atoms with E-state index in [9.17, 15) is 10.1 Å². The lowest BCUT2D eigenvalue weighted by molar-refractivity contribution is -0.384. The molecule has 0 saturated heterocycles. The zero-order valence-electron chi connectivity index (χ0n) is 10.1. The average Bonchev–Trinajstić information content (AvgIpc) is 2.84. The van der Waals surface area contributed by atoms with Crippen molar-refractivity contribution in [2.75, 3.05) is 6.54 Å². The highest BCUT2D eigenvalue weighted by Crippen LogP contribution is 2.34. The lowest BCUT2D eigenvalue weighted by atomic mass is 10.2. The fourth-order valence-corrected chi connectivity index (χ4v) is 1.79. The standard InChI is InChI=1S/C11H11ClN4O3/c1-2-13-6-9-14-11(19-15-9)10-7(12)4-3-5-8(10)16(17)18/h3-5,13H,2,6H2,1H3. The van der Waals surface area contributed by atoms with Crippen LogP contribution in [0, 0.1) is 10.1 Å². The largest absolute Gasteiger partial charge is 0.334 e. The Morgan fingerprint density at radius 1 is 1.53 bits per heavy atom. The molecule has 0 amide bonds. The molecule has 1 aromatic heterocycles. The second-order valence-corrected chi connectivity index (χ2v) is 4.09. The first-order valence-corrected chi connectivity index (χ1v) is 5.98. The minimum atomic E-state index is -0.532. The van der Waals surface area contributed by atoms with Gasteiger partial charge in [-0.15, -0.1) is 0 Å². The molecule has 0 radical (unpaired) electrons. The molecule has 1 aromatic carbocycles. The van der Waals surface area contributed by atoms with Gasteiger partial charge in [0.15, 0.2) is 5.82 Å². The van der Waals surface area contributed by atoms with E-state index in [-0.39, 0.29) is 22.2 Å². The van der Waals surface area contributed by atoms with Gasteiger partial charge in [0.25, 0.3) is 11.6 Å². The summed E-state index contributed by atoms with van der Waals surface area (Å²) in [4.78, 5) is 14.5. The van der Waals surface area contributed by atoms with Gasteiger partial charge in [0.2, 0.25) is 0 Å². The van der Waals surface area contributed by atoms with E-state index in [1.807, 2.05) is 6.92 Å². The number of nitro benzene ring substituents is 1. The maximum atomic E-state index is 11.0. The average molecular weight is 283 g/mol. The van der Waals surface area contributed by atoms with E-state index in [0.717, 1.165) is 6.54 Å². The van der Waals surface area contributed by atoms with Crippen LogP contribution in [-0.2, 0) is 6.54 Å². The predicted octanol–water partition coefficient (Wildman–Crippen LogP) is 2.41. The Morgan fingerprint density at radius 2 is 2.32 bits per heavy atom. The fraction of sp³-hybridized carbons (Fsp3) is 0.273. The van der Waals surface area contributed by atoms with Gasteiger partial charge < -0.3 is 9.84 Å². The third-order valence-electron chi connectivity index (χ3n) is 2.40. The number of nitrogens with one attached hydrogen (secondary N) is 1. The first-order valence-electron chi connectivity index (χ1n) is 5.60. The van der Waals surface area contributed by atoms with E-state index in [1.165, 1.54) is 18.2 Å². The van der Waals surface area contributed by atoms with Crippen LogP contribution in [0.25, 0.3) is 11.5 Å². The molecule has 0 saturated carbocycles. The molecule has 0 bridgehead atoms. The highest BCUT2D eigenvalue weighted by molar-refractivity contribution is 6.33. The lowest BCUT2D eigenvalue weighted by Gasteiger charge is -1.99. The van der Waals surface area contributed by atoms with Gasteiger partial charge in [-0.2, -0.15) is 4.98 Å². The van der Waals surface area contributed by atoms with Gasteiger partial charge in [0, 0.05) is 6.07 Å². The molecular formula is C11H11ClN4O3. The van der Waals surface area contributed by atoms with Crippen LogP contribution in [0.15, 0.2) is 22.7 Å². The first-order chi connectivity index (χ1) is 9.13. The summed E-state index contributed by atoms with van der Waals surface area (Å²) in [6.45, 7) is 3.13. The second-order valence-electron chi connectivity index (χ2n) is 3.69. The van der Waals surface area contributed by atoms with Crippen LogP contribution >= 0.6 is 11.6 Å². The molecule has 0 aliphatic rings. The van der Waals surface area contributed by atoms with Crippen molar-refractivity contribution in [3.63, 3.8) is 0 Å². The summed E-state index contributed by atoms with van der Waals surface area (Å²) in [7, 11) is 0. The Labute approximate surface area is 113 Å². The van der Waals surface area contributed by atoms with Gasteiger partial charge in [0.1, 0.15) is 5.56 Å². The summed E-state index contributed by atoms with van der Waals surface area (Å²) in [6.07, 6.45) is 0. The number of benzene rings is 1. The topological polar surface area (TPSA) is 94.1 Å². The Bertz CT molecular complexity index is 599. The third kappa shape index (κ3) is 2.88. The second kappa shape index (κ2) is 5.77. The molecule has 100 valence electrons. The summed E-state index contributed by atoms with van der Waals surface area (Å²) in [6, 6.07) is 4.38. The van der Waals surface area contributed by atoms with E-state index in [1.54, 1.807) is 0 Å². The molecule has 0 unspecified atom stereocenters. The van der Waals surface area contributed by atoms with Crippen LogP contribution in [0.5, 0.6) is 0 Å². The zero-order valence-corrected chi connectivity index (χ0v) is 10.8. The lowest BCUT2D eigenvalue weighted by Crippen LogP contribution is -2.12. The van der Waals surface area contributed by atoms with Crippen molar-refractivity contribution >= 4 is 17.3 Å². The number of halogens is 1. The van der Waals surface area contributed by atoms with Crippen molar-refractivity contribution in [1.82, 2.24) is 15.5 Å². The fourth-order valence-electron chi connectivity index (χ4n) is 1.54. The number of rotatable bonds is 5. The van der Waals surface area contributed by atoms with Crippen molar-refractivity contribution in [2.45, 2.75) is 13.5 Å². The zero-order chi connectivity index (χ0) is 13.8. The Morgan fingerprint density at radius 3 is 3.00 bits per heavy atom. The minimum absolute atomic E-state index is 0.0465. The number of nitrogens with zero attached hydrogens (tertiary/aromatic N) is 3. The van der Waals surface area contributed by atoms with Crippen LogP contribution in [0.4, 0.5) is 5.69 Å². The molecule has 2 rings (SSSR count). The third-order valence-corrected chi connectivity index (χ3v) is 2.72. The SMILES string of the molecule is CCNCc1noc(-c2c(Cl)cccc2[N+](=O)[O-])n1. The van der Waals surface area contributed by atoms with Crippen LogP contribution in [0.2, 0.25) is 5.02 Å². The molecule has 19 heavy (non-hydrogen) atoms. The molecule has 0 aliphatic heterocycles. The van der Waals surface area contributed by atoms with Gasteiger partial charge in [-0.3, -0.25) is 10.1 Å². The van der Waals surface area contributed by atoms with E-state index in [4.69, 9.17) is 16.1 Å². The summed E-state index contributed by atoms with van der Waals surface area (Å²) >= 11 is 5.97. The molecule has 0 fully saturated rings. The summed E-state index contributed by atoms with van der Waals surface area (Å²) in [5.41, 5.74) is -0.0180. The molecule has 1 N–H and O–H groups in total. The number of hydrogen-bond acceptors (Lipinski definition) is 6. The highest BCUT2D eigenvalue weighted by Gasteiger charge is 2.23. The van der Waals surface area contributed by atoms with E-state index < -0.39 is 4.92 Å². The highest BCUT2D eigenvalue weighted by atomic mass is 35.5. The van der Waals surface area contributed by atoms with Crippen molar-refractivity contribution < 1.29 is 9.45 Å². The molecule has 1 heterocycles. The molecule has 8 heteroatoms. The van der Waals surface area contributed by atoms with Gasteiger partial charge in [-0.05, 0) is 12.6 Å². The number of hydrogen-bond donors (Lipinski definition) is 1. The normalized spacial score (nSPS) is 10.6. The molecule has 0 spiro atoms. The summed E-state index contributed by atoms with van der Waals surface area (Å²) in [5.74, 6) is 0.469. The Kier molecular flexibility index (Phi) is 4.08. The van der Waals surface area contributed by atoms with Crippen LogP contribution in [0.3, 0.4) is 0 Å². The summed E-state index contributed by atoms with van der Waals surface area (Å²) < 4.78 is 5.03. The molecule has 2 aromatic rings. The molecule has 0 aliphatic carbocycles. The van der Waals surface area contributed by atoms with Crippen molar-refractivity contribution in [1.29, 1.82) is 0 Å². The van der Waals surface area contributed by atoms with Crippen LogP contribution in [0.1, 0.15) is 12.7 Å². The van der Waals surface area contributed by atoms with Crippen molar-refractivity contribution in [2.24, 2.45) is 0 Å². The minimum Gasteiger partial charge on any atom is -0.334 e. The van der Waals surface area contributed by atoms with E-state index in [2.05, 4.69) is 15.5 Å². The van der Waals surface area contributed by atoms with Gasteiger partial charge in [0.05, 0.1) is 16.5 Å². The van der Waals surface area contributed by atoms with E-state index >= 15 is 0 Å². The van der Waals surface area contributed by atoms with E-state index in [0.29, 0.717) is 12.4 Å². The van der Waals surface area contributed by atoms with Gasteiger partial charge in [-0.25, -0.2) is 0 Å². The van der Waals surface area contributed by atoms with Crippen LogP contribution in [-0.4, -0.2) is 21.6 Å². The van der Waals surface area contributed by atoms with Crippen molar-refractivity contribution in [3.05, 3.63) is 39.2 Å². The molecule has 0 atom stereocenters.